The van der Waals surface area contributed by atoms with E-state index >= 15 is 0 Å². The smallest absolute Gasteiger partial charge is 0.309 e. The van der Waals surface area contributed by atoms with Gasteiger partial charge in [-0.3, -0.25) is 9.48 Å². The fourth-order valence-electron chi connectivity index (χ4n) is 6.18. The van der Waals surface area contributed by atoms with Crippen molar-refractivity contribution in [3.8, 4) is 5.75 Å². The van der Waals surface area contributed by atoms with Crippen molar-refractivity contribution in [2.75, 3.05) is 13.2 Å². The first kappa shape index (κ1) is 25.7. The number of rotatable bonds is 8. The van der Waals surface area contributed by atoms with Gasteiger partial charge in [0.2, 0.25) is 0 Å². The van der Waals surface area contributed by atoms with Crippen molar-refractivity contribution >= 4 is 26.9 Å². The number of hydrogen-bond donors (Lipinski definition) is 1. The van der Waals surface area contributed by atoms with Crippen molar-refractivity contribution in [3.63, 3.8) is 0 Å². The topological polar surface area (TPSA) is 115 Å². The van der Waals surface area contributed by atoms with Gasteiger partial charge >= 0.3 is 5.97 Å². The van der Waals surface area contributed by atoms with Crippen LogP contribution >= 0.6 is 0 Å². The lowest BCUT2D eigenvalue weighted by Gasteiger charge is -2.33. The molecule has 0 bridgehead atoms. The van der Waals surface area contributed by atoms with E-state index in [1.54, 1.807) is 10.4 Å². The number of sulfonamides is 1. The Labute approximate surface area is 217 Å². The first-order valence-corrected chi connectivity index (χ1v) is 14.4. The third-order valence-corrected chi connectivity index (χ3v) is 9.53. The summed E-state index contributed by atoms with van der Waals surface area (Å²) >= 11 is 0. The molecule has 0 radical (unpaired) electrons. The molecule has 1 saturated heterocycles. The minimum atomic E-state index is -3.87. The van der Waals surface area contributed by atoms with Crippen LogP contribution in [0.2, 0.25) is 0 Å². The maximum absolute atomic E-state index is 14.0. The number of carboxylic acids is 1. The molecule has 3 heterocycles. The predicted molar refractivity (Wildman–Crippen MR) is 139 cm³/mol. The maximum atomic E-state index is 14.0. The Morgan fingerprint density at radius 3 is 2.57 bits per heavy atom. The quantitative estimate of drug-likeness (QED) is 0.468. The Balaban J connectivity index is 1.61. The van der Waals surface area contributed by atoms with Crippen LogP contribution in [-0.4, -0.2) is 57.8 Å². The molecule has 2 fully saturated rings. The van der Waals surface area contributed by atoms with Crippen molar-refractivity contribution in [1.29, 1.82) is 0 Å². The zero-order valence-electron chi connectivity index (χ0n) is 21.5. The molecule has 3 aromatic rings. The molecule has 2 aromatic heterocycles. The monoisotopic (exact) mass is 526 g/mol. The molecule has 2 aliphatic rings. The highest BCUT2D eigenvalue weighted by Gasteiger charge is 2.51. The zero-order valence-corrected chi connectivity index (χ0v) is 22.3. The van der Waals surface area contributed by atoms with Gasteiger partial charge in [-0.2, -0.15) is 9.40 Å². The number of nitrogens with zero attached hydrogens (tertiary/aromatic N) is 4. The van der Waals surface area contributed by atoms with E-state index in [0.29, 0.717) is 24.6 Å². The molecule has 5 rings (SSSR count). The SMILES string of the molecule is CCOc1ccc(S(=O)(=O)N2C[C@@H](C)[C@@H](n3nc(CC(=O)O)c4ccc(C)cc43)C2C2CCCC2)nc1. The first-order valence-electron chi connectivity index (χ1n) is 13.0. The van der Waals surface area contributed by atoms with E-state index < -0.39 is 16.0 Å². The number of pyridine rings is 1. The minimum absolute atomic E-state index is 0.0135. The maximum Gasteiger partial charge on any atom is 0.309 e. The molecule has 37 heavy (non-hydrogen) atoms. The number of hydrogen-bond acceptors (Lipinski definition) is 6. The van der Waals surface area contributed by atoms with Crippen molar-refractivity contribution in [1.82, 2.24) is 19.1 Å². The largest absolute Gasteiger partial charge is 0.492 e. The van der Waals surface area contributed by atoms with E-state index in [-0.39, 0.29) is 35.4 Å². The van der Waals surface area contributed by atoms with Crippen molar-refractivity contribution in [2.24, 2.45) is 11.8 Å². The van der Waals surface area contributed by atoms with Crippen LogP contribution in [0, 0.1) is 18.8 Å². The summed E-state index contributed by atoms with van der Waals surface area (Å²) in [5, 5.41) is 15.2. The van der Waals surface area contributed by atoms with Crippen LogP contribution in [0.4, 0.5) is 0 Å². The molecule has 1 aliphatic heterocycles. The lowest BCUT2D eigenvalue weighted by atomic mass is 9.89. The van der Waals surface area contributed by atoms with Gasteiger partial charge in [0.1, 0.15) is 5.75 Å². The standard InChI is InChI=1S/C27H34N4O5S/c1-4-36-20-10-12-24(28-15-20)37(34,35)30-16-18(3)26(27(30)19-7-5-6-8-19)31-23-13-17(2)9-11-21(23)22(29-31)14-25(32)33/h9-13,15,18-19,26-27H,4-8,14,16H2,1-3H3,(H,32,33)/t18-,26-,27?/m1/s1. The number of aryl methyl sites for hydroxylation is 1. The molecule has 0 spiro atoms. The molecule has 9 nitrogen and oxygen atoms in total. The number of aromatic nitrogens is 3. The van der Waals surface area contributed by atoms with Gasteiger partial charge in [0, 0.05) is 11.9 Å². The summed E-state index contributed by atoms with van der Waals surface area (Å²) in [7, 11) is -3.87. The summed E-state index contributed by atoms with van der Waals surface area (Å²) in [6, 6.07) is 8.56. The number of carboxylic acid groups (broad SMARTS) is 1. The molecular weight excluding hydrogens is 492 g/mol. The normalized spacial score (nSPS) is 23.2. The average Bonchev–Trinajstić information content (AvgIpc) is 3.57. The predicted octanol–water partition coefficient (Wildman–Crippen LogP) is 4.21. The average molecular weight is 527 g/mol. The highest BCUT2D eigenvalue weighted by atomic mass is 32.2. The van der Waals surface area contributed by atoms with Crippen molar-refractivity contribution < 1.29 is 23.1 Å². The summed E-state index contributed by atoms with van der Waals surface area (Å²) in [4.78, 5) is 15.9. The fraction of sp³-hybridized carbons (Fsp3) is 0.519. The summed E-state index contributed by atoms with van der Waals surface area (Å²) in [6.45, 7) is 6.75. The molecule has 1 saturated carbocycles. The van der Waals surface area contributed by atoms with E-state index in [9.17, 15) is 18.3 Å². The molecule has 1 unspecified atom stereocenters. The molecule has 1 N–H and O–H groups in total. The van der Waals surface area contributed by atoms with Crippen LogP contribution in [0.1, 0.15) is 56.8 Å². The first-order chi connectivity index (χ1) is 17.7. The van der Waals surface area contributed by atoms with Gasteiger partial charge in [0.25, 0.3) is 10.0 Å². The summed E-state index contributed by atoms with van der Waals surface area (Å²) in [6.07, 6.45) is 5.33. The highest BCUT2D eigenvalue weighted by Crippen LogP contribution is 2.46. The van der Waals surface area contributed by atoms with Gasteiger partial charge < -0.3 is 9.84 Å². The second kappa shape index (κ2) is 10.1. The molecule has 10 heteroatoms. The molecule has 198 valence electrons. The van der Waals surface area contributed by atoms with Crippen LogP contribution in [0.15, 0.2) is 41.6 Å². The van der Waals surface area contributed by atoms with E-state index in [1.807, 2.05) is 36.7 Å². The second-order valence-electron chi connectivity index (χ2n) is 10.3. The van der Waals surface area contributed by atoms with Gasteiger partial charge in [-0.25, -0.2) is 13.4 Å². The number of ether oxygens (including phenoxy) is 1. The van der Waals surface area contributed by atoms with Gasteiger partial charge in [-0.1, -0.05) is 31.9 Å². The van der Waals surface area contributed by atoms with Crippen LogP contribution in [0.5, 0.6) is 5.75 Å². The Morgan fingerprint density at radius 1 is 1.16 bits per heavy atom. The lowest BCUT2D eigenvalue weighted by molar-refractivity contribution is -0.136. The molecule has 1 aromatic carbocycles. The third-order valence-electron chi connectivity index (χ3n) is 7.75. The van der Waals surface area contributed by atoms with Crippen molar-refractivity contribution in [2.45, 2.75) is 70.0 Å². The Hall–Kier alpha value is -2.98. The molecule has 1 aliphatic carbocycles. The Kier molecular flexibility index (Phi) is 6.97. The number of carbonyl (C=O) groups is 1. The molecular formula is C27H34N4O5S. The highest BCUT2D eigenvalue weighted by molar-refractivity contribution is 7.89. The van der Waals surface area contributed by atoms with Crippen LogP contribution in [0.3, 0.4) is 0 Å². The summed E-state index contributed by atoms with van der Waals surface area (Å²) in [5.74, 6) is -0.237. The van der Waals surface area contributed by atoms with Crippen LogP contribution in [-0.2, 0) is 21.2 Å². The van der Waals surface area contributed by atoms with Gasteiger partial charge in [0.15, 0.2) is 5.03 Å². The second-order valence-corrected chi connectivity index (χ2v) is 12.2. The Morgan fingerprint density at radius 2 is 1.92 bits per heavy atom. The van der Waals surface area contributed by atoms with Crippen LogP contribution in [0.25, 0.3) is 10.9 Å². The van der Waals surface area contributed by atoms with Crippen LogP contribution < -0.4 is 4.74 Å². The van der Waals surface area contributed by atoms with Gasteiger partial charge in [0.05, 0.1) is 42.5 Å². The fourth-order valence-corrected chi connectivity index (χ4v) is 7.90. The number of benzene rings is 1. The van der Waals surface area contributed by atoms with E-state index in [2.05, 4.69) is 11.9 Å². The van der Waals surface area contributed by atoms with Crippen molar-refractivity contribution in [3.05, 3.63) is 47.8 Å². The third kappa shape index (κ3) is 4.72. The summed E-state index contributed by atoms with van der Waals surface area (Å²) in [5.41, 5.74) is 2.41. The molecule has 3 atom stereocenters. The Bertz CT molecular complexity index is 1400. The van der Waals surface area contributed by atoms with E-state index in [1.165, 1.54) is 12.3 Å². The minimum Gasteiger partial charge on any atom is -0.492 e. The van der Waals surface area contributed by atoms with E-state index in [0.717, 1.165) is 42.1 Å². The van der Waals surface area contributed by atoms with Gasteiger partial charge in [-0.05, 0) is 62.3 Å². The van der Waals surface area contributed by atoms with Gasteiger partial charge in [-0.15, -0.1) is 0 Å². The number of aliphatic carboxylic acids is 1. The lowest BCUT2D eigenvalue weighted by Crippen LogP contribution is -2.43. The van der Waals surface area contributed by atoms with E-state index in [4.69, 9.17) is 9.84 Å². The summed E-state index contributed by atoms with van der Waals surface area (Å²) < 4.78 is 37.0. The zero-order chi connectivity index (χ0) is 26.3. The molecule has 0 amide bonds. The number of fused-ring (bicyclic) bond motifs is 1.